The van der Waals surface area contributed by atoms with Crippen molar-refractivity contribution >= 4 is 11.6 Å². The number of nitrogens with one attached hydrogen (secondary N) is 2. The molecule has 0 aliphatic rings. The highest BCUT2D eigenvalue weighted by atomic mass is 15.1. The summed E-state index contributed by atoms with van der Waals surface area (Å²) in [5.41, 5.74) is 0. The van der Waals surface area contributed by atoms with Crippen LogP contribution in [0.25, 0.3) is 0 Å². The Kier molecular flexibility index (Phi) is 7.23. The van der Waals surface area contributed by atoms with Crippen molar-refractivity contribution in [2.45, 2.75) is 58.9 Å². The number of hydrogen-bond donors (Lipinski definition) is 2. The Labute approximate surface area is 111 Å². The Morgan fingerprint density at radius 1 is 1.11 bits per heavy atom. The van der Waals surface area contributed by atoms with Crippen LogP contribution in [0.1, 0.15) is 52.9 Å². The molecule has 0 spiro atoms. The van der Waals surface area contributed by atoms with E-state index >= 15 is 0 Å². The fourth-order valence-corrected chi connectivity index (χ4v) is 1.89. The van der Waals surface area contributed by atoms with E-state index in [0.29, 0.717) is 6.04 Å². The van der Waals surface area contributed by atoms with E-state index in [-0.39, 0.29) is 0 Å². The number of pyridine rings is 1. The van der Waals surface area contributed by atoms with Crippen LogP contribution in [0.4, 0.5) is 11.6 Å². The minimum Gasteiger partial charge on any atom is -0.370 e. The van der Waals surface area contributed by atoms with E-state index in [1.54, 1.807) is 0 Å². The summed E-state index contributed by atoms with van der Waals surface area (Å²) in [4.78, 5) is 4.56. The second-order valence-corrected chi connectivity index (χ2v) is 4.88. The van der Waals surface area contributed by atoms with E-state index in [2.05, 4.69) is 36.4 Å². The van der Waals surface area contributed by atoms with Gasteiger partial charge in [-0.15, -0.1) is 0 Å². The first-order valence-corrected chi connectivity index (χ1v) is 7.23. The van der Waals surface area contributed by atoms with Crippen molar-refractivity contribution < 1.29 is 0 Å². The number of aromatic nitrogens is 1. The topological polar surface area (TPSA) is 37.0 Å². The highest BCUT2D eigenvalue weighted by Gasteiger charge is 2.03. The minimum atomic E-state index is 0.491. The van der Waals surface area contributed by atoms with Gasteiger partial charge in [0.2, 0.25) is 0 Å². The molecule has 0 saturated heterocycles. The van der Waals surface area contributed by atoms with Gasteiger partial charge >= 0.3 is 0 Å². The molecule has 0 radical (unpaired) electrons. The molecule has 0 saturated carbocycles. The molecule has 3 nitrogen and oxygen atoms in total. The molecular formula is C15H27N3. The van der Waals surface area contributed by atoms with Gasteiger partial charge in [-0.1, -0.05) is 39.2 Å². The maximum Gasteiger partial charge on any atom is 0.128 e. The average Bonchev–Trinajstić information content (AvgIpc) is 2.37. The van der Waals surface area contributed by atoms with Crippen LogP contribution >= 0.6 is 0 Å². The van der Waals surface area contributed by atoms with Gasteiger partial charge in [0.25, 0.3) is 0 Å². The normalized spacial score (nSPS) is 12.2. The van der Waals surface area contributed by atoms with Crippen LogP contribution < -0.4 is 10.6 Å². The Bertz CT molecular complexity index is 325. The van der Waals surface area contributed by atoms with Crippen LogP contribution in [0.5, 0.6) is 0 Å². The maximum atomic E-state index is 4.56. The molecule has 2 N–H and O–H groups in total. The third-order valence-electron chi connectivity index (χ3n) is 2.94. The molecule has 0 aliphatic carbocycles. The van der Waals surface area contributed by atoms with Crippen molar-refractivity contribution in [1.29, 1.82) is 0 Å². The van der Waals surface area contributed by atoms with Gasteiger partial charge in [0.05, 0.1) is 0 Å². The van der Waals surface area contributed by atoms with Crippen LogP contribution in [0, 0.1) is 0 Å². The van der Waals surface area contributed by atoms with Gasteiger partial charge < -0.3 is 10.6 Å². The van der Waals surface area contributed by atoms with Crippen molar-refractivity contribution in [2.75, 3.05) is 17.2 Å². The standard InChI is InChI=1S/C15H27N3/c1-4-6-7-9-13(3)17-15-11-8-10-14(18-15)16-12-5-2/h8,10-11,13H,4-7,9,12H2,1-3H3,(H2,16,17,18). The molecule has 1 aromatic heterocycles. The molecule has 0 aliphatic heterocycles. The Hall–Kier alpha value is -1.25. The molecule has 102 valence electrons. The van der Waals surface area contributed by atoms with Crippen LogP contribution in [0.15, 0.2) is 18.2 Å². The molecule has 0 fully saturated rings. The predicted molar refractivity (Wildman–Crippen MR) is 80.2 cm³/mol. The van der Waals surface area contributed by atoms with Crippen molar-refractivity contribution in [3.05, 3.63) is 18.2 Å². The van der Waals surface area contributed by atoms with Crippen LogP contribution in [-0.4, -0.2) is 17.6 Å². The summed E-state index contributed by atoms with van der Waals surface area (Å²) >= 11 is 0. The highest BCUT2D eigenvalue weighted by Crippen LogP contribution is 2.12. The van der Waals surface area contributed by atoms with E-state index in [9.17, 15) is 0 Å². The predicted octanol–water partition coefficient (Wildman–Crippen LogP) is 4.28. The summed E-state index contributed by atoms with van der Waals surface area (Å²) < 4.78 is 0. The smallest absolute Gasteiger partial charge is 0.128 e. The minimum absolute atomic E-state index is 0.491. The summed E-state index contributed by atoms with van der Waals surface area (Å²) in [6.45, 7) is 7.60. The molecule has 1 unspecified atom stereocenters. The summed E-state index contributed by atoms with van der Waals surface area (Å²) in [6, 6.07) is 6.59. The van der Waals surface area contributed by atoms with Crippen molar-refractivity contribution in [1.82, 2.24) is 4.98 Å². The van der Waals surface area contributed by atoms with Crippen LogP contribution in [0.2, 0.25) is 0 Å². The molecule has 1 heterocycles. The molecule has 1 aromatic rings. The van der Waals surface area contributed by atoms with Gasteiger partial charge in [0, 0.05) is 12.6 Å². The van der Waals surface area contributed by atoms with Gasteiger partial charge in [0.15, 0.2) is 0 Å². The van der Waals surface area contributed by atoms with Crippen LogP contribution in [-0.2, 0) is 0 Å². The number of rotatable bonds is 9. The summed E-state index contributed by atoms with van der Waals surface area (Å²) in [5.74, 6) is 1.93. The molecule has 0 aromatic carbocycles. The Balaban J connectivity index is 2.40. The van der Waals surface area contributed by atoms with E-state index in [0.717, 1.165) is 24.6 Å². The fraction of sp³-hybridized carbons (Fsp3) is 0.667. The van der Waals surface area contributed by atoms with Gasteiger partial charge in [-0.05, 0) is 31.9 Å². The lowest BCUT2D eigenvalue weighted by atomic mass is 10.1. The second kappa shape index (κ2) is 8.78. The third-order valence-corrected chi connectivity index (χ3v) is 2.94. The van der Waals surface area contributed by atoms with Crippen molar-refractivity contribution in [2.24, 2.45) is 0 Å². The fourth-order valence-electron chi connectivity index (χ4n) is 1.89. The molecular weight excluding hydrogens is 222 g/mol. The zero-order valence-corrected chi connectivity index (χ0v) is 12.0. The lowest BCUT2D eigenvalue weighted by Crippen LogP contribution is -2.16. The largest absolute Gasteiger partial charge is 0.370 e. The number of nitrogens with zero attached hydrogens (tertiary/aromatic N) is 1. The summed E-state index contributed by atoms with van der Waals surface area (Å²) in [5, 5.41) is 6.78. The third kappa shape index (κ3) is 5.89. The van der Waals surface area contributed by atoms with E-state index in [1.807, 2.05) is 18.2 Å². The first-order chi connectivity index (χ1) is 8.76. The number of unbranched alkanes of at least 4 members (excludes halogenated alkanes) is 2. The highest BCUT2D eigenvalue weighted by molar-refractivity contribution is 5.45. The zero-order valence-electron chi connectivity index (χ0n) is 12.0. The molecule has 18 heavy (non-hydrogen) atoms. The average molecular weight is 249 g/mol. The lowest BCUT2D eigenvalue weighted by molar-refractivity contribution is 0.614. The number of hydrogen-bond acceptors (Lipinski definition) is 3. The first-order valence-electron chi connectivity index (χ1n) is 7.23. The SMILES string of the molecule is CCCCCC(C)Nc1cccc(NCCC)n1. The maximum absolute atomic E-state index is 4.56. The van der Waals surface area contributed by atoms with E-state index < -0.39 is 0 Å². The van der Waals surface area contributed by atoms with E-state index in [4.69, 9.17) is 0 Å². The number of anilines is 2. The molecule has 0 amide bonds. The van der Waals surface area contributed by atoms with Gasteiger partial charge in [-0.2, -0.15) is 0 Å². The zero-order chi connectivity index (χ0) is 13.2. The van der Waals surface area contributed by atoms with Gasteiger partial charge in [-0.3, -0.25) is 0 Å². The van der Waals surface area contributed by atoms with Crippen molar-refractivity contribution in [3.8, 4) is 0 Å². The molecule has 3 heteroatoms. The van der Waals surface area contributed by atoms with Crippen LogP contribution in [0.3, 0.4) is 0 Å². The quantitative estimate of drug-likeness (QED) is 0.641. The Morgan fingerprint density at radius 2 is 1.89 bits per heavy atom. The van der Waals surface area contributed by atoms with E-state index in [1.165, 1.54) is 25.7 Å². The molecule has 1 atom stereocenters. The Morgan fingerprint density at radius 3 is 2.61 bits per heavy atom. The van der Waals surface area contributed by atoms with Gasteiger partial charge in [-0.25, -0.2) is 4.98 Å². The molecule has 1 rings (SSSR count). The lowest BCUT2D eigenvalue weighted by Gasteiger charge is -2.15. The summed E-state index contributed by atoms with van der Waals surface area (Å²) in [6.07, 6.45) is 6.21. The summed E-state index contributed by atoms with van der Waals surface area (Å²) in [7, 11) is 0. The second-order valence-electron chi connectivity index (χ2n) is 4.88. The first kappa shape index (κ1) is 14.8. The monoisotopic (exact) mass is 249 g/mol. The molecule has 0 bridgehead atoms. The van der Waals surface area contributed by atoms with Gasteiger partial charge in [0.1, 0.15) is 11.6 Å². The van der Waals surface area contributed by atoms with Crippen molar-refractivity contribution in [3.63, 3.8) is 0 Å².